The zero-order valence-electron chi connectivity index (χ0n) is 12.5. The molecule has 0 amide bonds. The fourth-order valence-corrected chi connectivity index (χ4v) is 2.98. The highest BCUT2D eigenvalue weighted by Crippen LogP contribution is 2.37. The molecule has 0 aliphatic carbocycles. The fourth-order valence-electron chi connectivity index (χ4n) is 2.50. The number of benzene rings is 1. The van der Waals surface area contributed by atoms with E-state index in [9.17, 15) is 17.1 Å². The number of hydrogen-bond acceptors (Lipinski definition) is 4. The average Bonchev–Trinajstić information content (AvgIpc) is 2.44. The number of pyridine rings is 1. The highest BCUT2D eigenvalue weighted by molar-refractivity contribution is 7.86. The largest absolute Gasteiger partial charge is 0.483 e. The number of aromatic nitrogens is 1. The summed E-state index contributed by atoms with van der Waals surface area (Å²) >= 11 is 0. The van der Waals surface area contributed by atoms with E-state index in [0.29, 0.717) is 17.0 Å². The molecular weight excluding hydrogens is 321 g/mol. The van der Waals surface area contributed by atoms with Crippen molar-refractivity contribution in [3.63, 3.8) is 0 Å². The van der Waals surface area contributed by atoms with Crippen LogP contribution in [0.2, 0.25) is 0 Å². The number of nitrogens with zero attached hydrogens (tertiary/aromatic N) is 1. The van der Waals surface area contributed by atoms with E-state index in [1.54, 1.807) is 24.4 Å². The minimum Gasteiger partial charge on any atom is -0.483 e. The Kier molecular flexibility index (Phi) is 3.40. The smallest absolute Gasteiger partial charge is 0.332 e. The molecule has 0 fully saturated rings. The monoisotopic (exact) mass is 335 g/mol. The molecule has 0 bridgehead atoms. The number of halogens is 1. The SMILES string of the molecule is CC1(C)C=C(n2ccccc2=O)c2cc(S(=O)(=O)F)ccc2O1. The van der Waals surface area contributed by atoms with Gasteiger partial charge in [-0.05, 0) is 44.2 Å². The van der Waals surface area contributed by atoms with Gasteiger partial charge in [0.1, 0.15) is 11.4 Å². The van der Waals surface area contributed by atoms with Crippen molar-refractivity contribution >= 4 is 15.9 Å². The predicted molar refractivity (Wildman–Crippen MR) is 83.5 cm³/mol. The van der Waals surface area contributed by atoms with Crippen molar-refractivity contribution in [3.05, 3.63) is 64.6 Å². The lowest BCUT2D eigenvalue weighted by Gasteiger charge is -2.31. The topological polar surface area (TPSA) is 65.4 Å². The van der Waals surface area contributed by atoms with Crippen LogP contribution in [0.5, 0.6) is 5.75 Å². The molecule has 23 heavy (non-hydrogen) atoms. The standard InChI is InChI=1S/C16H14FNO4S/c1-16(2)10-13(18-8-4-3-5-15(18)19)12-9-11(23(17,20)21)6-7-14(12)22-16/h3-10H,1-2H3. The normalized spacial score (nSPS) is 16.2. The molecule has 1 aromatic heterocycles. The molecule has 0 radical (unpaired) electrons. The summed E-state index contributed by atoms with van der Waals surface area (Å²) in [6.07, 6.45) is 3.27. The van der Waals surface area contributed by atoms with E-state index in [1.165, 1.54) is 22.8 Å². The Bertz CT molecular complexity index is 974. The second-order valence-corrected chi connectivity index (χ2v) is 7.09. The van der Waals surface area contributed by atoms with Gasteiger partial charge in [-0.15, -0.1) is 3.89 Å². The molecule has 0 N–H and O–H groups in total. The summed E-state index contributed by atoms with van der Waals surface area (Å²) in [6, 6.07) is 8.38. The summed E-state index contributed by atoms with van der Waals surface area (Å²) in [5, 5.41) is 0. The Morgan fingerprint density at radius 2 is 1.91 bits per heavy atom. The van der Waals surface area contributed by atoms with E-state index in [1.807, 2.05) is 13.8 Å². The van der Waals surface area contributed by atoms with Crippen LogP contribution in [0.4, 0.5) is 3.89 Å². The molecule has 3 rings (SSSR count). The molecule has 0 unspecified atom stereocenters. The summed E-state index contributed by atoms with van der Waals surface area (Å²) in [5.41, 5.74) is -0.187. The molecular formula is C16H14FNO4S. The van der Waals surface area contributed by atoms with Crippen LogP contribution < -0.4 is 10.3 Å². The Balaban J connectivity index is 2.30. The molecule has 5 nitrogen and oxygen atoms in total. The van der Waals surface area contributed by atoms with Gasteiger partial charge in [0.05, 0.1) is 10.6 Å². The van der Waals surface area contributed by atoms with E-state index in [-0.39, 0.29) is 5.56 Å². The second-order valence-electron chi connectivity index (χ2n) is 5.74. The minimum atomic E-state index is -4.85. The summed E-state index contributed by atoms with van der Waals surface area (Å²) < 4.78 is 42.8. The van der Waals surface area contributed by atoms with Gasteiger partial charge in [0.15, 0.2) is 0 Å². The zero-order valence-corrected chi connectivity index (χ0v) is 13.3. The van der Waals surface area contributed by atoms with Gasteiger partial charge in [-0.1, -0.05) is 6.07 Å². The van der Waals surface area contributed by atoms with Crippen molar-refractivity contribution in [2.45, 2.75) is 24.3 Å². The van der Waals surface area contributed by atoms with Gasteiger partial charge in [-0.2, -0.15) is 8.42 Å². The van der Waals surface area contributed by atoms with Gasteiger partial charge >= 0.3 is 10.2 Å². The van der Waals surface area contributed by atoms with E-state index in [4.69, 9.17) is 4.74 Å². The van der Waals surface area contributed by atoms with E-state index < -0.39 is 20.7 Å². The number of ether oxygens (including phenoxy) is 1. The molecule has 0 saturated heterocycles. The van der Waals surface area contributed by atoms with Crippen LogP contribution in [0.3, 0.4) is 0 Å². The summed E-state index contributed by atoms with van der Waals surface area (Å²) in [7, 11) is -4.85. The van der Waals surface area contributed by atoms with E-state index in [2.05, 4.69) is 0 Å². The van der Waals surface area contributed by atoms with Crippen LogP contribution in [0, 0.1) is 0 Å². The first-order valence-corrected chi connectivity index (χ1v) is 8.25. The minimum absolute atomic E-state index is 0.282. The summed E-state index contributed by atoms with van der Waals surface area (Å²) in [5.74, 6) is 0.385. The molecule has 0 spiro atoms. The fraction of sp³-hybridized carbons (Fsp3) is 0.188. The van der Waals surface area contributed by atoms with Gasteiger partial charge in [-0.3, -0.25) is 9.36 Å². The van der Waals surface area contributed by atoms with Crippen molar-refractivity contribution in [1.82, 2.24) is 4.57 Å². The maximum atomic E-state index is 13.3. The van der Waals surface area contributed by atoms with Crippen LogP contribution >= 0.6 is 0 Å². The van der Waals surface area contributed by atoms with Gasteiger partial charge in [0.2, 0.25) is 0 Å². The van der Waals surface area contributed by atoms with Crippen molar-refractivity contribution in [2.24, 2.45) is 0 Å². The summed E-state index contributed by atoms with van der Waals surface area (Å²) in [4.78, 5) is 11.6. The number of rotatable bonds is 2. The lowest BCUT2D eigenvalue weighted by atomic mass is 9.99. The first-order chi connectivity index (χ1) is 10.7. The van der Waals surface area contributed by atoms with E-state index >= 15 is 0 Å². The Morgan fingerprint density at radius 1 is 1.17 bits per heavy atom. The highest BCUT2D eigenvalue weighted by atomic mass is 32.3. The molecule has 0 atom stereocenters. The first-order valence-electron chi connectivity index (χ1n) is 6.86. The van der Waals surface area contributed by atoms with Crippen LogP contribution in [0.25, 0.3) is 5.70 Å². The Morgan fingerprint density at radius 3 is 2.57 bits per heavy atom. The van der Waals surface area contributed by atoms with Crippen molar-refractivity contribution in [2.75, 3.05) is 0 Å². The predicted octanol–water partition coefficient (Wildman–Crippen LogP) is 2.57. The van der Waals surface area contributed by atoms with Crippen molar-refractivity contribution < 1.29 is 17.0 Å². The second kappa shape index (κ2) is 5.06. The lowest BCUT2D eigenvalue weighted by Crippen LogP contribution is -2.32. The van der Waals surface area contributed by atoms with Gasteiger partial charge in [-0.25, -0.2) is 0 Å². The third-order valence-electron chi connectivity index (χ3n) is 3.45. The van der Waals surface area contributed by atoms with Crippen molar-refractivity contribution in [3.8, 4) is 5.75 Å². The molecule has 0 saturated carbocycles. The number of hydrogen-bond donors (Lipinski definition) is 0. The molecule has 7 heteroatoms. The van der Waals surface area contributed by atoms with Crippen LogP contribution in [0.1, 0.15) is 19.4 Å². The van der Waals surface area contributed by atoms with Gasteiger partial charge in [0.25, 0.3) is 5.56 Å². The Hall–Kier alpha value is -2.41. The van der Waals surface area contributed by atoms with Crippen molar-refractivity contribution in [1.29, 1.82) is 0 Å². The van der Waals surface area contributed by atoms with E-state index in [0.717, 1.165) is 6.07 Å². The third kappa shape index (κ3) is 2.92. The molecule has 1 aromatic carbocycles. The molecule has 2 heterocycles. The molecule has 1 aliphatic rings. The Labute approximate surface area is 132 Å². The third-order valence-corrected chi connectivity index (χ3v) is 4.26. The highest BCUT2D eigenvalue weighted by Gasteiger charge is 2.29. The van der Waals surface area contributed by atoms with Gasteiger partial charge in [0, 0.05) is 17.8 Å². The molecule has 1 aliphatic heterocycles. The average molecular weight is 335 g/mol. The maximum Gasteiger partial charge on any atom is 0.332 e. The van der Waals surface area contributed by atoms with Crippen LogP contribution in [-0.4, -0.2) is 18.6 Å². The van der Waals surface area contributed by atoms with Gasteiger partial charge < -0.3 is 4.74 Å². The quantitative estimate of drug-likeness (QED) is 0.791. The maximum absolute atomic E-state index is 13.3. The number of fused-ring (bicyclic) bond motifs is 1. The lowest BCUT2D eigenvalue weighted by molar-refractivity contribution is 0.157. The zero-order chi connectivity index (χ0) is 16.8. The first kappa shape index (κ1) is 15.5. The van der Waals surface area contributed by atoms with Crippen LogP contribution in [0.15, 0.2) is 58.4 Å². The summed E-state index contributed by atoms with van der Waals surface area (Å²) in [6.45, 7) is 3.62. The molecule has 2 aromatic rings. The molecule has 120 valence electrons. The van der Waals surface area contributed by atoms with Crippen LogP contribution in [-0.2, 0) is 10.2 Å².